The lowest BCUT2D eigenvalue weighted by Gasteiger charge is -2.21. The molecule has 2 aliphatic rings. The van der Waals surface area contributed by atoms with Gasteiger partial charge in [0.05, 0.1) is 6.07 Å². The summed E-state index contributed by atoms with van der Waals surface area (Å²) in [7, 11) is 0. The maximum atomic E-state index is 11.9. The van der Waals surface area contributed by atoms with E-state index in [0.29, 0.717) is 12.3 Å². The van der Waals surface area contributed by atoms with Crippen LogP contribution < -0.4 is 5.32 Å². The minimum atomic E-state index is -0.295. The van der Waals surface area contributed by atoms with E-state index in [1.165, 1.54) is 19.3 Å². The number of fused-ring (bicyclic) bond motifs is 2. The van der Waals surface area contributed by atoms with E-state index in [1.54, 1.807) is 0 Å². The molecule has 1 N–H and O–H groups in total. The molecular formula is C12H18N2O. The molecule has 2 saturated carbocycles. The zero-order valence-corrected chi connectivity index (χ0v) is 9.20. The second-order valence-corrected chi connectivity index (χ2v) is 4.88. The molecule has 0 aromatic rings. The Balaban J connectivity index is 1.89. The van der Waals surface area contributed by atoms with Gasteiger partial charge in [0.1, 0.15) is 6.04 Å². The van der Waals surface area contributed by atoms with E-state index in [1.807, 2.05) is 6.92 Å². The predicted octanol–water partition coefficient (Wildman–Crippen LogP) is 1.84. The Bertz CT molecular complexity index is 294. The maximum Gasteiger partial charge on any atom is 0.224 e. The average Bonchev–Trinajstić information content (AvgIpc) is 2.87. The summed E-state index contributed by atoms with van der Waals surface area (Å²) < 4.78 is 0. The summed E-state index contributed by atoms with van der Waals surface area (Å²) in [5.74, 6) is 1.71. The van der Waals surface area contributed by atoms with Crippen molar-refractivity contribution in [1.82, 2.24) is 5.32 Å². The number of rotatable bonds is 3. The fourth-order valence-corrected chi connectivity index (χ4v) is 3.07. The SMILES string of the molecule is CCC(C#N)NC(=O)C1CC2CCC1C2. The molecule has 0 radical (unpaired) electrons. The third kappa shape index (κ3) is 1.99. The quantitative estimate of drug-likeness (QED) is 0.766. The molecule has 0 spiro atoms. The van der Waals surface area contributed by atoms with Crippen LogP contribution in [0.1, 0.15) is 39.0 Å². The molecule has 1 amide bonds. The third-order valence-corrected chi connectivity index (χ3v) is 3.96. The highest BCUT2D eigenvalue weighted by molar-refractivity contribution is 5.80. The summed E-state index contributed by atoms with van der Waals surface area (Å²) in [6.45, 7) is 1.93. The van der Waals surface area contributed by atoms with Crippen molar-refractivity contribution in [2.24, 2.45) is 17.8 Å². The van der Waals surface area contributed by atoms with Gasteiger partial charge >= 0.3 is 0 Å². The molecular weight excluding hydrogens is 188 g/mol. The lowest BCUT2D eigenvalue weighted by Crippen LogP contribution is -2.39. The molecule has 0 saturated heterocycles. The average molecular weight is 206 g/mol. The van der Waals surface area contributed by atoms with Crippen LogP contribution in [0.25, 0.3) is 0 Å². The smallest absolute Gasteiger partial charge is 0.224 e. The third-order valence-electron chi connectivity index (χ3n) is 3.96. The predicted molar refractivity (Wildman–Crippen MR) is 56.8 cm³/mol. The largest absolute Gasteiger partial charge is 0.340 e. The zero-order chi connectivity index (χ0) is 10.8. The van der Waals surface area contributed by atoms with Gasteiger partial charge in [-0.15, -0.1) is 0 Å². The van der Waals surface area contributed by atoms with Gasteiger partial charge < -0.3 is 5.32 Å². The molecule has 2 aliphatic carbocycles. The first-order valence-electron chi connectivity index (χ1n) is 5.94. The number of carbonyl (C=O) groups is 1. The lowest BCUT2D eigenvalue weighted by molar-refractivity contribution is -0.126. The first kappa shape index (κ1) is 10.5. The summed E-state index contributed by atoms with van der Waals surface area (Å²) >= 11 is 0. The topological polar surface area (TPSA) is 52.9 Å². The Labute approximate surface area is 90.8 Å². The van der Waals surface area contributed by atoms with Crippen molar-refractivity contribution in [3.8, 4) is 6.07 Å². The first-order chi connectivity index (χ1) is 7.24. The van der Waals surface area contributed by atoms with Crippen LogP contribution >= 0.6 is 0 Å². The van der Waals surface area contributed by atoms with Gasteiger partial charge in [0, 0.05) is 5.92 Å². The summed E-state index contributed by atoms with van der Waals surface area (Å²) in [6, 6.07) is 1.82. The van der Waals surface area contributed by atoms with Crippen molar-refractivity contribution in [3.05, 3.63) is 0 Å². The van der Waals surface area contributed by atoms with Crippen molar-refractivity contribution in [2.45, 2.75) is 45.1 Å². The molecule has 4 unspecified atom stereocenters. The van der Waals surface area contributed by atoms with Gasteiger partial charge in [-0.25, -0.2) is 0 Å². The molecule has 82 valence electrons. The van der Waals surface area contributed by atoms with Gasteiger partial charge in [0.25, 0.3) is 0 Å². The van der Waals surface area contributed by atoms with Gasteiger partial charge in [-0.3, -0.25) is 4.79 Å². The fraction of sp³-hybridized carbons (Fsp3) is 0.833. The van der Waals surface area contributed by atoms with E-state index in [9.17, 15) is 4.79 Å². The van der Waals surface area contributed by atoms with Crippen LogP contribution in [0.4, 0.5) is 0 Å². The van der Waals surface area contributed by atoms with Crippen molar-refractivity contribution in [3.63, 3.8) is 0 Å². The van der Waals surface area contributed by atoms with E-state index >= 15 is 0 Å². The fourth-order valence-electron chi connectivity index (χ4n) is 3.07. The van der Waals surface area contributed by atoms with E-state index < -0.39 is 0 Å². The number of hydrogen-bond donors (Lipinski definition) is 1. The van der Waals surface area contributed by atoms with Crippen LogP contribution in [0.15, 0.2) is 0 Å². The second kappa shape index (κ2) is 4.22. The lowest BCUT2D eigenvalue weighted by atomic mass is 9.88. The van der Waals surface area contributed by atoms with Gasteiger partial charge in [-0.1, -0.05) is 13.3 Å². The molecule has 2 bridgehead atoms. The molecule has 0 aromatic heterocycles. The monoisotopic (exact) mass is 206 g/mol. The van der Waals surface area contributed by atoms with Crippen LogP contribution in [0.3, 0.4) is 0 Å². The summed E-state index contributed by atoms with van der Waals surface area (Å²) in [5.41, 5.74) is 0. The molecule has 2 rings (SSSR count). The molecule has 4 atom stereocenters. The molecule has 0 aliphatic heterocycles. The highest BCUT2D eigenvalue weighted by atomic mass is 16.2. The Morgan fingerprint density at radius 1 is 1.53 bits per heavy atom. The Morgan fingerprint density at radius 3 is 2.80 bits per heavy atom. The van der Waals surface area contributed by atoms with Crippen molar-refractivity contribution >= 4 is 5.91 Å². The molecule has 2 fully saturated rings. The van der Waals surface area contributed by atoms with E-state index in [0.717, 1.165) is 12.3 Å². The number of hydrogen-bond acceptors (Lipinski definition) is 2. The van der Waals surface area contributed by atoms with Crippen LogP contribution in [0.2, 0.25) is 0 Å². The minimum absolute atomic E-state index is 0.121. The maximum absolute atomic E-state index is 11.9. The highest BCUT2D eigenvalue weighted by Gasteiger charge is 2.43. The van der Waals surface area contributed by atoms with Crippen LogP contribution in [0.5, 0.6) is 0 Å². The summed E-state index contributed by atoms with van der Waals surface area (Å²) in [6.07, 6.45) is 5.51. The first-order valence-corrected chi connectivity index (χ1v) is 5.94. The van der Waals surface area contributed by atoms with Crippen molar-refractivity contribution in [2.75, 3.05) is 0 Å². The van der Waals surface area contributed by atoms with E-state index in [-0.39, 0.29) is 17.9 Å². The van der Waals surface area contributed by atoms with Crippen molar-refractivity contribution in [1.29, 1.82) is 5.26 Å². The van der Waals surface area contributed by atoms with Crippen LogP contribution in [-0.4, -0.2) is 11.9 Å². The normalized spacial score (nSPS) is 34.8. The minimum Gasteiger partial charge on any atom is -0.340 e. The van der Waals surface area contributed by atoms with Crippen LogP contribution in [0, 0.1) is 29.1 Å². The zero-order valence-electron chi connectivity index (χ0n) is 9.20. The number of nitriles is 1. The highest BCUT2D eigenvalue weighted by Crippen LogP contribution is 2.48. The van der Waals surface area contributed by atoms with Crippen molar-refractivity contribution < 1.29 is 4.79 Å². The van der Waals surface area contributed by atoms with Gasteiger partial charge in [0.2, 0.25) is 5.91 Å². The summed E-state index contributed by atoms with van der Waals surface area (Å²) in [4.78, 5) is 11.9. The van der Waals surface area contributed by atoms with Crippen LogP contribution in [-0.2, 0) is 4.79 Å². The molecule has 3 nitrogen and oxygen atoms in total. The Hall–Kier alpha value is -1.04. The van der Waals surface area contributed by atoms with Gasteiger partial charge in [0.15, 0.2) is 0 Å². The second-order valence-electron chi connectivity index (χ2n) is 4.88. The molecule has 0 aromatic carbocycles. The Morgan fingerprint density at radius 2 is 2.33 bits per heavy atom. The summed E-state index contributed by atoms with van der Waals surface area (Å²) in [5, 5.41) is 11.6. The van der Waals surface area contributed by atoms with Gasteiger partial charge in [-0.05, 0) is 37.5 Å². The number of nitrogens with zero attached hydrogens (tertiary/aromatic N) is 1. The standard InChI is InChI=1S/C12H18N2O/c1-2-10(7-13)14-12(15)11-6-8-3-4-9(11)5-8/h8-11H,2-6H2,1H3,(H,14,15). The molecule has 15 heavy (non-hydrogen) atoms. The van der Waals surface area contributed by atoms with Gasteiger partial charge in [-0.2, -0.15) is 5.26 Å². The number of nitrogens with one attached hydrogen (secondary N) is 1. The molecule has 0 heterocycles. The number of amides is 1. The van der Waals surface area contributed by atoms with E-state index in [4.69, 9.17) is 5.26 Å². The number of carbonyl (C=O) groups excluding carboxylic acids is 1. The van der Waals surface area contributed by atoms with E-state index in [2.05, 4.69) is 11.4 Å². The molecule has 3 heteroatoms. The Kier molecular flexibility index (Phi) is 2.95.